The van der Waals surface area contributed by atoms with Crippen molar-refractivity contribution in [3.63, 3.8) is 0 Å². The van der Waals surface area contributed by atoms with Gasteiger partial charge >= 0.3 is 17.9 Å². The Bertz CT molecular complexity index is 1020. The van der Waals surface area contributed by atoms with Crippen LogP contribution in [0.25, 0.3) is 0 Å². The Hall–Kier alpha value is -1.85. The molecule has 66 heavy (non-hydrogen) atoms. The summed E-state index contributed by atoms with van der Waals surface area (Å²) in [5, 5.41) is 0. The van der Waals surface area contributed by atoms with Crippen LogP contribution >= 0.6 is 0 Å². The van der Waals surface area contributed by atoms with Gasteiger partial charge in [-0.3, -0.25) is 14.4 Å². The molecule has 0 fully saturated rings. The van der Waals surface area contributed by atoms with E-state index < -0.39 is 6.10 Å². The standard InChI is InChI=1S/C60H114O6/c1-4-7-10-13-16-18-20-22-24-26-27-28-29-30-31-32-33-34-36-37-39-41-44-47-50-53-59(62)65-56-57(55-64-58(61)52-49-46-43-15-12-9-6-3)66-60(63)54-51-48-45-42-40-38-35-25-23-21-19-17-14-11-8-5-2/h26-27,57H,4-25,28-56H2,1-3H3/b27-26-. The molecule has 6 heteroatoms. The highest BCUT2D eigenvalue weighted by molar-refractivity contribution is 5.71. The first kappa shape index (κ1) is 64.2. The topological polar surface area (TPSA) is 78.9 Å². The van der Waals surface area contributed by atoms with Crippen molar-refractivity contribution in [1.29, 1.82) is 0 Å². The van der Waals surface area contributed by atoms with Gasteiger partial charge in [-0.15, -0.1) is 0 Å². The summed E-state index contributed by atoms with van der Waals surface area (Å²) < 4.78 is 16.8. The lowest BCUT2D eigenvalue weighted by Gasteiger charge is -2.18. The van der Waals surface area contributed by atoms with Gasteiger partial charge in [0.2, 0.25) is 0 Å². The van der Waals surface area contributed by atoms with Gasteiger partial charge in [0.25, 0.3) is 0 Å². The molecule has 6 nitrogen and oxygen atoms in total. The number of carbonyl (C=O) groups is 3. The molecule has 0 aliphatic carbocycles. The van der Waals surface area contributed by atoms with Crippen LogP contribution in [0.4, 0.5) is 0 Å². The maximum atomic E-state index is 12.8. The van der Waals surface area contributed by atoms with Gasteiger partial charge in [-0.05, 0) is 44.9 Å². The summed E-state index contributed by atoms with van der Waals surface area (Å²) in [6.45, 7) is 6.65. The largest absolute Gasteiger partial charge is 0.462 e. The maximum absolute atomic E-state index is 12.8. The van der Waals surface area contributed by atoms with Crippen LogP contribution in [-0.2, 0) is 28.6 Å². The first-order chi connectivity index (χ1) is 32.5. The van der Waals surface area contributed by atoms with E-state index in [2.05, 4.69) is 32.9 Å². The number of unbranched alkanes of at least 4 members (excludes halogenated alkanes) is 42. The second-order valence-corrected chi connectivity index (χ2v) is 20.3. The molecule has 1 unspecified atom stereocenters. The van der Waals surface area contributed by atoms with Crippen molar-refractivity contribution in [2.45, 2.75) is 341 Å². The maximum Gasteiger partial charge on any atom is 0.306 e. The molecule has 0 aliphatic heterocycles. The van der Waals surface area contributed by atoms with Gasteiger partial charge in [-0.1, -0.05) is 283 Å². The van der Waals surface area contributed by atoms with Crippen molar-refractivity contribution in [2.24, 2.45) is 0 Å². The number of rotatable bonds is 55. The molecule has 0 aromatic rings. The molecule has 0 spiro atoms. The third-order valence-electron chi connectivity index (χ3n) is 13.5. The molecule has 0 heterocycles. The van der Waals surface area contributed by atoms with E-state index in [-0.39, 0.29) is 31.1 Å². The summed E-state index contributed by atoms with van der Waals surface area (Å²) in [5.41, 5.74) is 0. The highest BCUT2D eigenvalue weighted by atomic mass is 16.6. The van der Waals surface area contributed by atoms with Crippen LogP contribution in [0.1, 0.15) is 335 Å². The summed E-state index contributed by atoms with van der Waals surface area (Å²) in [6, 6.07) is 0. The van der Waals surface area contributed by atoms with Gasteiger partial charge in [-0.25, -0.2) is 0 Å². The summed E-state index contributed by atoms with van der Waals surface area (Å²) in [5.74, 6) is -0.849. The van der Waals surface area contributed by atoms with E-state index in [0.29, 0.717) is 19.3 Å². The van der Waals surface area contributed by atoms with Gasteiger partial charge in [0.1, 0.15) is 13.2 Å². The Morgan fingerprint density at radius 3 is 0.758 bits per heavy atom. The lowest BCUT2D eigenvalue weighted by Crippen LogP contribution is -2.30. The van der Waals surface area contributed by atoms with Crippen LogP contribution in [0.3, 0.4) is 0 Å². The summed E-state index contributed by atoms with van der Waals surface area (Å²) >= 11 is 0. The quantitative estimate of drug-likeness (QED) is 0.0262. The SMILES string of the molecule is CCCCCCCCCC/C=C\CCCCCCCCCCCCCCCC(=O)OCC(COC(=O)CCCCCCCCC)OC(=O)CCCCCCCCCCCCCCCCCC. The van der Waals surface area contributed by atoms with Crippen LogP contribution < -0.4 is 0 Å². The second-order valence-electron chi connectivity index (χ2n) is 20.3. The highest BCUT2D eigenvalue weighted by Gasteiger charge is 2.19. The molecule has 0 aromatic heterocycles. The zero-order valence-corrected chi connectivity index (χ0v) is 44.7. The van der Waals surface area contributed by atoms with E-state index in [1.807, 2.05) is 0 Å². The van der Waals surface area contributed by atoms with Crippen LogP contribution in [0, 0.1) is 0 Å². The number of ether oxygens (including phenoxy) is 3. The Morgan fingerprint density at radius 2 is 0.500 bits per heavy atom. The zero-order valence-electron chi connectivity index (χ0n) is 44.7. The normalized spacial score (nSPS) is 12.0. The van der Waals surface area contributed by atoms with Crippen molar-refractivity contribution in [3.8, 4) is 0 Å². The third kappa shape index (κ3) is 53.1. The molecule has 1 atom stereocenters. The van der Waals surface area contributed by atoms with Gasteiger partial charge < -0.3 is 14.2 Å². The fourth-order valence-electron chi connectivity index (χ4n) is 9.03. The lowest BCUT2D eigenvalue weighted by atomic mass is 10.0. The Kier molecular flexibility index (Phi) is 54.2. The minimum absolute atomic E-state index is 0.0645. The first-order valence-electron chi connectivity index (χ1n) is 29.7. The number of allylic oxidation sites excluding steroid dienone is 2. The van der Waals surface area contributed by atoms with E-state index in [0.717, 1.165) is 57.8 Å². The first-order valence-corrected chi connectivity index (χ1v) is 29.7. The Labute approximate surface area is 411 Å². The summed E-state index contributed by atoms with van der Waals surface area (Å²) in [6.07, 6.45) is 63.8. The van der Waals surface area contributed by atoms with Crippen LogP contribution in [0.5, 0.6) is 0 Å². The summed E-state index contributed by atoms with van der Waals surface area (Å²) in [4.78, 5) is 37.9. The van der Waals surface area contributed by atoms with Gasteiger partial charge in [0.05, 0.1) is 0 Å². The van der Waals surface area contributed by atoms with Gasteiger partial charge in [0, 0.05) is 19.3 Å². The van der Waals surface area contributed by atoms with Crippen LogP contribution in [0.2, 0.25) is 0 Å². The molecule has 0 bridgehead atoms. The fraction of sp³-hybridized carbons (Fsp3) is 0.917. The molecule has 0 aliphatic rings. The molecule has 390 valence electrons. The van der Waals surface area contributed by atoms with E-state index >= 15 is 0 Å². The lowest BCUT2D eigenvalue weighted by molar-refractivity contribution is -0.167. The molecular formula is C60H114O6. The van der Waals surface area contributed by atoms with E-state index in [4.69, 9.17) is 14.2 Å². The van der Waals surface area contributed by atoms with Gasteiger partial charge in [-0.2, -0.15) is 0 Å². The Balaban J connectivity index is 4.07. The number of carbonyl (C=O) groups excluding carboxylic acids is 3. The Morgan fingerprint density at radius 1 is 0.288 bits per heavy atom. The van der Waals surface area contributed by atoms with E-state index in [1.54, 1.807) is 0 Å². The molecular weight excluding hydrogens is 817 g/mol. The monoisotopic (exact) mass is 931 g/mol. The predicted octanol–water partition coefficient (Wildman–Crippen LogP) is 19.7. The van der Waals surface area contributed by atoms with Gasteiger partial charge in [0.15, 0.2) is 6.10 Å². The van der Waals surface area contributed by atoms with Crippen molar-refractivity contribution < 1.29 is 28.6 Å². The second kappa shape index (κ2) is 55.7. The van der Waals surface area contributed by atoms with Crippen molar-refractivity contribution in [1.82, 2.24) is 0 Å². The number of hydrogen-bond acceptors (Lipinski definition) is 6. The van der Waals surface area contributed by atoms with E-state index in [1.165, 1.54) is 238 Å². The average molecular weight is 932 g/mol. The van der Waals surface area contributed by atoms with Crippen LogP contribution in [0.15, 0.2) is 12.2 Å². The molecule has 0 amide bonds. The molecule has 0 aromatic carbocycles. The minimum Gasteiger partial charge on any atom is -0.462 e. The highest BCUT2D eigenvalue weighted by Crippen LogP contribution is 2.17. The predicted molar refractivity (Wildman–Crippen MR) is 284 cm³/mol. The number of esters is 3. The fourth-order valence-corrected chi connectivity index (χ4v) is 9.03. The van der Waals surface area contributed by atoms with Crippen LogP contribution in [-0.4, -0.2) is 37.2 Å². The third-order valence-corrected chi connectivity index (χ3v) is 13.5. The van der Waals surface area contributed by atoms with E-state index in [9.17, 15) is 14.4 Å². The zero-order chi connectivity index (χ0) is 47.9. The molecule has 0 rings (SSSR count). The number of hydrogen-bond donors (Lipinski definition) is 0. The average Bonchev–Trinajstić information content (AvgIpc) is 3.31. The molecule has 0 N–H and O–H groups in total. The summed E-state index contributed by atoms with van der Waals surface area (Å²) in [7, 11) is 0. The molecule has 0 saturated heterocycles. The minimum atomic E-state index is -0.762. The molecule has 0 radical (unpaired) electrons. The smallest absolute Gasteiger partial charge is 0.306 e. The van der Waals surface area contributed by atoms with Crippen molar-refractivity contribution >= 4 is 17.9 Å². The molecule has 0 saturated carbocycles. The van der Waals surface area contributed by atoms with Crippen molar-refractivity contribution in [2.75, 3.05) is 13.2 Å². The van der Waals surface area contributed by atoms with Crippen molar-refractivity contribution in [3.05, 3.63) is 12.2 Å².